The first-order chi connectivity index (χ1) is 19.3. The van der Waals surface area contributed by atoms with Crippen molar-refractivity contribution < 1.29 is 0 Å². The molecule has 3 heterocycles. The molecule has 8 aromatic rings. The summed E-state index contributed by atoms with van der Waals surface area (Å²) >= 11 is 0. The van der Waals surface area contributed by atoms with Gasteiger partial charge in [0.15, 0.2) is 0 Å². The first kappa shape index (κ1) is 21.8. The molecule has 0 aliphatic carbocycles. The third-order valence-corrected chi connectivity index (χ3v) is 7.70. The fraction of sp³-hybridized carbons (Fsp3) is 0. The monoisotopic (exact) mass is 497 g/mol. The van der Waals surface area contributed by atoms with E-state index >= 15 is 0 Å². The van der Waals surface area contributed by atoms with Gasteiger partial charge >= 0.3 is 0 Å². The first-order valence-corrected chi connectivity index (χ1v) is 13.2. The molecular formula is C36H23N3. The van der Waals surface area contributed by atoms with Crippen LogP contribution in [0.15, 0.2) is 140 Å². The van der Waals surface area contributed by atoms with E-state index in [1.165, 1.54) is 54.8 Å². The smallest absolute Gasteiger partial charge is 0.0802 e. The number of hydrogen-bond acceptors (Lipinski definition) is 2. The van der Waals surface area contributed by atoms with Gasteiger partial charge < -0.3 is 4.57 Å². The predicted octanol–water partition coefficient (Wildman–Crippen LogP) is 9.21. The average molecular weight is 498 g/mol. The largest absolute Gasteiger partial charge is 0.309 e. The van der Waals surface area contributed by atoms with E-state index < -0.39 is 0 Å². The second kappa shape index (κ2) is 8.64. The van der Waals surface area contributed by atoms with Crippen molar-refractivity contribution in [3.63, 3.8) is 0 Å². The van der Waals surface area contributed by atoms with Crippen LogP contribution < -0.4 is 0 Å². The minimum atomic E-state index is 1.04. The van der Waals surface area contributed by atoms with E-state index in [4.69, 9.17) is 4.98 Å². The molecule has 0 saturated heterocycles. The van der Waals surface area contributed by atoms with E-state index in [2.05, 4.69) is 125 Å². The lowest BCUT2D eigenvalue weighted by Crippen LogP contribution is -1.93. The molecule has 5 aromatic carbocycles. The maximum atomic E-state index is 4.83. The van der Waals surface area contributed by atoms with Gasteiger partial charge in [-0.2, -0.15) is 0 Å². The van der Waals surface area contributed by atoms with E-state index in [1.54, 1.807) is 0 Å². The van der Waals surface area contributed by atoms with Gasteiger partial charge in [0.1, 0.15) is 0 Å². The molecule has 0 bridgehead atoms. The average Bonchev–Trinajstić information content (AvgIpc) is 3.35. The fourth-order valence-electron chi connectivity index (χ4n) is 5.83. The summed E-state index contributed by atoms with van der Waals surface area (Å²) in [6, 6.07) is 43.5. The first-order valence-electron chi connectivity index (χ1n) is 13.2. The SMILES string of the molecule is c1ccc(-n2c3ccc(-c4ccc5cc(-c6ccncc6)ccc5c4)cc3c3c4ncccc4ccc32)cc1. The molecule has 0 spiro atoms. The number of aromatic nitrogens is 3. The van der Waals surface area contributed by atoms with Crippen LogP contribution in [0.1, 0.15) is 0 Å². The Morgan fingerprint density at radius 1 is 0.462 bits per heavy atom. The minimum absolute atomic E-state index is 1.04. The summed E-state index contributed by atoms with van der Waals surface area (Å²) in [5.74, 6) is 0. The highest BCUT2D eigenvalue weighted by Crippen LogP contribution is 2.38. The number of rotatable bonds is 3. The Morgan fingerprint density at radius 3 is 1.92 bits per heavy atom. The van der Waals surface area contributed by atoms with Crippen molar-refractivity contribution in [1.82, 2.24) is 14.5 Å². The van der Waals surface area contributed by atoms with Crippen molar-refractivity contribution in [2.45, 2.75) is 0 Å². The molecule has 182 valence electrons. The van der Waals surface area contributed by atoms with E-state index in [9.17, 15) is 0 Å². The third-order valence-electron chi connectivity index (χ3n) is 7.70. The zero-order valence-corrected chi connectivity index (χ0v) is 21.1. The molecule has 0 saturated carbocycles. The van der Waals surface area contributed by atoms with Crippen LogP contribution in [0.25, 0.3) is 71.4 Å². The number of para-hydroxylation sites is 1. The summed E-state index contributed by atoms with van der Waals surface area (Å²) < 4.78 is 2.35. The lowest BCUT2D eigenvalue weighted by atomic mass is 9.97. The predicted molar refractivity (Wildman–Crippen MR) is 162 cm³/mol. The highest BCUT2D eigenvalue weighted by molar-refractivity contribution is 6.20. The van der Waals surface area contributed by atoms with Gasteiger partial charge in [0.25, 0.3) is 0 Å². The molecule has 0 aliphatic rings. The minimum Gasteiger partial charge on any atom is -0.309 e. The highest BCUT2D eigenvalue weighted by atomic mass is 15.0. The summed E-state index contributed by atoms with van der Waals surface area (Å²) in [5.41, 5.74) is 9.31. The topological polar surface area (TPSA) is 30.7 Å². The van der Waals surface area contributed by atoms with E-state index in [-0.39, 0.29) is 0 Å². The number of fused-ring (bicyclic) bond motifs is 6. The van der Waals surface area contributed by atoms with Crippen LogP contribution in [0.5, 0.6) is 0 Å². The summed E-state index contributed by atoms with van der Waals surface area (Å²) in [7, 11) is 0. The Balaban J connectivity index is 1.34. The molecule has 0 aliphatic heterocycles. The number of pyridine rings is 2. The molecule has 0 fully saturated rings. The maximum absolute atomic E-state index is 4.83. The van der Waals surface area contributed by atoms with Crippen molar-refractivity contribution in [3.8, 4) is 27.9 Å². The molecule has 0 N–H and O–H groups in total. The van der Waals surface area contributed by atoms with Crippen molar-refractivity contribution in [2.24, 2.45) is 0 Å². The quantitative estimate of drug-likeness (QED) is 0.244. The lowest BCUT2D eigenvalue weighted by molar-refractivity contribution is 1.18. The Kier molecular flexibility index (Phi) is 4.82. The fourth-order valence-corrected chi connectivity index (χ4v) is 5.83. The summed E-state index contributed by atoms with van der Waals surface area (Å²) in [4.78, 5) is 8.97. The van der Waals surface area contributed by atoms with E-state index in [1.807, 2.05) is 24.7 Å². The zero-order chi connectivity index (χ0) is 25.8. The Morgan fingerprint density at radius 2 is 1.13 bits per heavy atom. The standard InChI is InChI=1S/C36H23N3/c1-2-6-31(7-3-1)39-33-14-13-30(23-32(33)35-34(39)15-12-25-5-4-18-38-36(25)35)29-11-10-27-21-26(8-9-28(27)22-29)24-16-19-37-20-17-24/h1-23H. The molecule has 0 amide bonds. The number of benzene rings is 5. The summed E-state index contributed by atoms with van der Waals surface area (Å²) in [5, 5.41) is 6.01. The number of nitrogens with zero attached hydrogens (tertiary/aromatic N) is 3. The van der Waals surface area contributed by atoms with Gasteiger partial charge in [0.05, 0.1) is 16.6 Å². The number of hydrogen-bond donors (Lipinski definition) is 0. The van der Waals surface area contributed by atoms with Gasteiger partial charge in [-0.1, -0.05) is 60.7 Å². The third kappa shape index (κ3) is 3.52. The van der Waals surface area contributed by atoms with Gasteiger partial charge in [0.2, 0.25) is 0 Å². The molecule has 39 heavy (non-hydrogen) atoms. The van der Waals surface area contributed by atoms with Gasteiger partial charge in [0, 0.05) is 40.4 Å². The summed E-state index contributed by atoms with van der Waals surface area (Å²) in [6.07, 6.45) is 5.57. The van der Waals surface area contributed by atoms with Crippen molar-refractivity contribution in [2.75, 3.05) is 0 Å². The lowest BCUT2D eigenvalue weighted by Gasteiger charge is -2.09. The Bertz CT molecular complexity index is 2160. The van der Waals surface area contributed by atoms with Crippen LogP contribution >= 0.6 is 0 Å². The Labute approximate surface area is 225 Å². The van der Waals surface area contributed by atoms with Gasteiger partial charge in [-0.15, -0.1) is 0 Å². The molecule has 8 rings (SSSR count). The van der Waals surface area contributed by atoms with Gasteiger partial charge in [-0.25, -0.2) is 0 Å². The molecule has 3 aromatic heterocycles. The maximum Gasteiger partial charge on any atom is 0.0802 e. The second-order valence-corrected chi connectivity index (χ2v) is 9.95. The Hall–Kier alpha value is -5.28. The van der Waals surface area contributed by atoms with Gasteiger partial charge in [-0.3, -0.25) is 9.97 Å². The van der Waals surface area contributed by atoms with E-state index in [0.29, 0.717) is 0 Å². The second-order valence-electron chi connectivity index (χ2n) is 9.95. The van der Waals surface area contributed by atoms with Crippen molar-refractivity contribution >= 4 is 43.5 Å². The van der Waals surface area contributed by atoms with Crippen LogP contribution in [0.2, 0.25) is 0 Å². The normalized spacial score (nSPS) is 11.6. The molecule has 0 unspecified atom stereocenters. The van der Waals surface area contributed by atoms with E-state index in [0.717, 1.165) is 16.6 Å². The molecule has 3 nitrogen and oxygen atoms in total. The summed E-state index contributed by atoms with van der Waals surface area (Å²) in [6.45, 7) is 0. The van der Waals surface area contributed by atoms with Crippen LogP contribution in [0, 0.1) is 0 Å². The molecule has 0 radical (unpaired) electrons. The molecular weight excluding hydrogens is 474 g/mol. The molecule has 3 heteroatoms. The molecule has 0 atom stereocenters. The van der Waals surface area contributed by atoms with Crippen LogP contribution in [0.3, 0.4) is 0 Å². The van der Waals surface area contributed by atoms with Crippen molar-refractivity contribution in [3.05, 3.63) is 140 Å². The van der Waals surface area contributed by atoms with Crippen LogP contribution in [-0.2, 0) is 0 Å². The van der Waals surface area contributed by atoms with Crippen LogP contribution in [-0.4, -0.2) is 14.5 Å². The zero-order valence-electron chi connectivity index (χ0n) is 21.1. The van der Waals surface area contributed by atoms with Crippen molar-refractivity contribution in [1.29, 1.82) is 0 Å². The van der Waals surface area contributed by atoms with Gasteiger partial charge in [-0.05, 0) is 93.7 Å². The van der Waals surface area contributed by atoms with Crippen LogP contribution in [0.4, 0.5) is 0 Å². The highest BCUT2D eigenvalue weighted by Gasteiger charge is 2.16.